The predicted molar refractivity (Wildman–Crippen MR) is 102 cm³/mol. The van der Waals surface area contributed by atoms with E-state index in [4.69, 9.17) is 4.98 Å². The van der Waals surface area contributed by atoms with E-state index in [2.05, 4.69) is 52.0 Å². The van der Waals surface area contributed by atoms with Crippen molar-refractivity contribution in [3.63, 3.8) is 0 Å². The van der Waals surface area contributed by atoms with Crippen LogP contribution in [0.15, 0.2) is 24.3 Å². The second kappa shape index (κ2) is 7.47. The molecule has 0 N–H and O–H groups in total. The van der Waals surface area contributed by atoms with Crippen molar-refractivity contribution >= 4 is 10.9 Å². The largest absolute Gasteiger partial charge is 0.253 e. The van der Waals surface area contributed by atoms with Crippen molar-refractivity contribution in [3.8, 4) is 0 Å². The number of rotatable bonds is 2. The smallest absolute Gasteiger partial charge is 0.0708 e. The summed E-state index contributed by atoms with van der Waals surface area (Å²) in [5.41, 5.74) is 5.57. The summed E-state index contributed by atoms with van der Waals surface area (Å²) >= 11 is 0. The van der Waals surface area contributed by atoms with Gasteiger partial charge in [0.25, 0.3) is 0 Å². The van der Waals surface area contributed by atoms with Gasteiger partial charge in [-0.25, -0.2) is 0 Å². The highest BCUT2D eigenvalue weighted by Crippen LogP contribution is 2.44. The lowest BCUT2D eigenvalue weighted by molar-refractivity contribution is 0.221. The van der Waals surface area contributed by atoms with Gasteiger partial charge < -0.3 is 0 Å². The Kier molecular flexibility index (Phi) is 5.84. The van der Waals surface area contributed by atoms with Gasteiger partial charge in [0.2, 0.25) is 0 Å². The highest BCUT2D eigenvalue weighted by molar-refractivity contribution is 5.83. The van der Waals surface area contributed by atoms with Crippen LogP contribution in [0, 0.1) is 12.8 Å². The van der Waals surface area contributed by atoms with Crippen molar-refractivity contribution in [1.29, 1.82) is 0 Å². The average Bonchev–Trinajstić information content (AvgIpc) is 2.58. The summed E-state index contributed by atoms with van der Waals surface area (Å²) in [6, 6.07) is 9.25. The second-order valence-corrected chi connectivity index (χ2v) is 7.07. The summed E-state index contributed by atoms with van der Waals surface area (Å²) in [6.45, 7) is 13.2. The molecule has 3 rings (SSSR count). The maximum Gasteiger partial charge on any atom is 0.0708 e. The lowest BCUT2D eigenvalue weighted by atomic mass is 9.64. The molecule has 1 aliphatic rings. The van der Waals surface area contributed by atoms with Gasteiger partial charge >= 0.3 is 0 Å². The average molecular weight is 312 g/mol. The third kappa shape index (κ3) is 3.44. The first kappa shape index (κ1) is 18.0. The summed E-state index contributed by atoms with van der Waals surface area (Å²) in [4.78, 5) is 4.71. The summed E-state index contributed by atoms with van der Waals surface area (Å²) in [5, 5.41) is 1.36. The number of hydrogen-bond acceptors (Lipinski definition) is 1. The van der Waals surface area contributed by atoms with Gasteiger partial charge in [0.15, 0.2) is 0 Å². The van der Waals surface area contributed by atoms with Gasteiger partial charge in [-0.3, -0.25) is 4.98 Å². The Labute approximate surface area is 142 Å². The Morgan fingerprint density at radius 3 is 2.57 bits per heavy atom. The van der Waals surface area contributed by atoms with E-state index in [9.17, 15) is 0 Å². The van der Waals surface area contributed by atoms with Gasteiger partial charge in [0.1, 0.15) is 0 Å². The summed E-state index contributed by atoms with van der Waals surface area (Å²) in [7, 11) is 0. The fourth-order valence-electron chi connectivity index (χ4n) is 4.03. The predicted octanol–water partition coefficient (Wildman–Crippen LogP) is 6.60. The van der Waals surface area contributed by atoms with Gasteiger partial charge in [-0.15, -0.1) is 0 Å². The molecule has 1 heteroatoms. The van der Waals surface area contributed by atoms with Gasteiger partial charge in [-0.2, -0.15) is 0 Å². The Morgan fingerprint density at radius 1 is 1.17 bits per heavy atom. The van der Waals surface area contributed by atoms with Crippen LogP contribution in [-0.4, -0.2) is 4.98 Å². The molecule has 1 saturated carbocycles. The minimum atomic E-state index is 0.336. The monoisotopic (exact) mass is 311 g/mol. The molecule has 2 unspecified atom stereocenters. The molecular weight excluding hydrogens is 278 g/mol. The molecule has 0 spiro atoms. The Balaban J connectivity index is 0.000000924. The SMILES string of the molecule is CC.CCc1cc(C)nc2ccc(C3(C)CCCCC3C)cc12. The molecule has 1 aromatic heterocycles. The first-order valence-corrected chi connectivity index (χ1v) is 9.45. The number of aromatic nitrogens is 1. The normalized spacial score (nSPS) is 24.2. The van der Waals surface area contributed by atoms with Crippen molar-refractivity contribution in [3.05, 3.63) is 41.1 Å². The molecule has 23 heavy (non-hydrogen) atoms. The maximum atomic E-state index is 4.71. The Morgan fingerprint density at radius 2 is 1.91 bits per heavy atom. The zero-order valence-electron chi connectivity index (χ0n) is 15.9. The number of aryl methyl sites for hydroxylation is 2. The van der Waals surface area contributed by atoms with Crippen molar-refractivity contribution in [1.82, 2.24) is 4.98 Å². The summed E-state index contributed by atoms with van der Waals surface area (Å²) < 4.78 is 0. The molecule has 0 saturated heterocycles. The molecule has 126 valence electrons. The van der Waals surface area contributed by atoms with Crippen LogP contribution < -0.4 is 0 Å². The summed E-state index contributed by atoms with van der Waals surface area (Å²) in [6.07, 6.45) is 6.52. The fourth-order valence-corrected chi connectivity index (χ4v) is 4.03. The molecule has 0 bridgehead atoms. The second-order valence-electron chi connectivity index (χ2n) is 7.07. The highest BCUT2D eigenvalue weighted by Gasteiger charge is 2.35. The number of fused-ring (bicyclic) bond motifs is 1. The number of pyridine rings is 1. The van der Waals surface area contributed by atoms with Gasteiger partial charge in [0, 0.05) is 11.1 Å². The van der Waals surface area contributed by atoms with Crippen LogP contribution in [0.3, 0.4) is 0 Å². The topological polar surface area (TPSA) is 12.9 Å². The van der Waals surface area contributed by atoms with E-state index in [1.54, 1.807) is 0 Å². The zero-order valence-corrected chi connectivity index (χ0v) is 15.9. The number of nitrogens with zero attached hydrogens (tertiary/aromatic N) is 1. The molecule has 1 nitrogen and oxygen atoms in total. The van der Waals surface area contributed by atoms with Gasteiger partial charge in [0.05, 0.1) is 5.52 Å². The van der Waals surface area contributed by atoms with Crippen LogP contribution in [0.4, 0.5) is 0 Å². The Bertz CT molecular complexity index is 658. The van der Waals surface area contributed by atoms with Crippen molar-refractivity contribution in [2.75, 3.05) is 0 Å². The zero-order chi connectivity index (χ0) is 17.0. The minimum absolute atomic E-state index is 0.336. The van der Waals surface area contributed by atoms with Gasteiger partial charge in [-0.05, 0) is 66.8 Å². The van der Waals surface area contributed by atoms with Crippen molar-refractivity contribution in [2.45, 2.75) is 79.1 Å². The molecule has 1 aromatic carbocycles. The molecule has 0 amide bonds. The first-order valence-electron chi connectivity index (χ1n) is 9.45. The van der Waals surface area contributed by atoms with E-state index in [1.165, 1.54) is 42.2 Å². The quantitative estimate of drug-likeness (QED) is 0.609. The lowest BCUT2D eigenvalue weighted by Gasteiger charge is -2.40. The first-order chi connectivity index (χ1) is 11.0. The van der Waals surface area contributed by atoms with Crippen LogP contribution in [-0.2, 0) is 11.8 Å². The minimum Gasteiger partial charge on any atom is -0.253 e. The molecule has 1 heterocycles. The molecule has 0 radical (unpaired) electrons. The standard InChI is InChI=1S/C20H27N.C2H6/c1-5-16-12-15(3)21-19-10-9-17(13-18(16)19)20(4)11-7-6-8-14(20)2;1-2/h9-10,12-14H,5-8,11H2,1-4H3;1-2H3. The van der Waals surface area contributed by atoms with Crippen LogP contribution in [0.2, 0.25) is 0 Å². The van der Waals surface area contributed by atoms with E-state index in [-0.39, 0.29) is 0 Å². The van der Waals surface area contributed by atoms with Crippen LogP contribution in [0.5, 0.6) is 0 Å². The number of hydrogen-bond donors (Lipinski definition) is 0. The lowest BCUT2D eigenvalue weighted by Crippen LogP contribution is -2.33. The van der Waals surface area contributed by atoms with Crippen molar-refractivity contribution in [2.24, 2.45) is 5.92 Å². The van der Waals surface area contributed by atoms with Crippen LogP contribution in [0.1, 0.15) is 77.1 Å². The molecule has 0 aliphatic heterocycles. The van der Waals surface area contributed by atoms with Gasteiger partial charge in [-0.1, -0.05) is 53.5 Å². The molecule has 2 aromatic rings. The number of benzene rings is 1. The molecular formula is C22H33N. The van der Waals surface area contributed by atoms with E-state index >= 15 is 0 Å². The summed E-state index contributed by atoms with van der Waals surface area (Å²) in [5.74, 6) is 0.771. The molecule has 1 fully saturated rings. The Hall–Kier alpha value is -1.37. The molecule has 1 aliphatic carbocycles. The van der Waals surface area contributed by atoms with Crippen molar-refractivity contribution < 1.29 is 0 Å². The van der Waals surface area contributed by atoms with E-state index in [0.29, 0.717) is 5.41 Å². The fraction of sp³-hybridized carbons (Fsp3) is 0.591. The van der Waals surface area contributed by atoms with E-state index in [1.807, 2.05) is 13.8 Å². The highest BCUT2D eigenvalue weighted by atomic mass is 14.7. The van der Waals surface area contributed by atoms with E-state index < -0.39 is 0 Å². The molecule has 2 atom stereocenters. The van der Waals surface area contributed by atoms with Crippen LogP contribution >= 0.6 is 0 Å². The third-order valence-electron chi connectivity index (χ3n) is 5.73. The van der Waals surface area contributed by atoms with Crippen LogP contribution in [0.25, 0.3) is 10.9 Å². The van der Waals surface area contributed by atoms with E-state index in [0.717, 1.165) is 23.5 Å². The maximum absolute atomic E-state index is 4.71. The third-order valence-corrected chi connectivity index (χ3v) is 5.73.